The summed E-state index contributed by atoms with van der Waals surface area (Å²) in [5.74, 6) is 0.236. The minimum absolute atomic E-state index is 0.0162. The van der Waals surface area contributed by atoms with Crippen LogP contribution in [0.2, 0.25) is 0 Å². The summed E-state index contributed by atoms with van der Waals surface area (Å²) in [4.78, 5) is 4.40. The highest BCUT2D eigenvalue weighted by atomic mass is 19.1. The molecule has 3 aromatic heterocycles. The van der Waals surface area contributed by atoms with Crippen molar-refractivity contribution in [3.8, 4) is 16.9 Å². The molecule has 0 unspecified atom stereocenters. The number of benzene rings is 1. The Morgan fingerprint density at radius 2 is 2.10 bits per heavy atom. The summed E-state index contributed by atoms with van der Waals surface area (Å²) < 4.78 is 37.5. The Morgan fingerprint density at radius 3 is 2.90 bits per heavy atom. The average Bonchev–Trinajstić information content (AvgIpc) is 3.46. The number of aromatic nitrogens is 6. The van der Waals surface area contributed by atoms with Crippen molar-refractivity contribution in [2.24, 2.45) is 0 Å². The zero-order valence-corrected chi connectivity index (χ0v) is 16.4. The smallest absolute Gasteiger partial charge is 0.240 e. The van der Waals surface area contributed by atoms with Crippen molar-refractivity contribution in [1.29, 1.82) is 0 Å². The third-order valence-corrected chi connectivity index (χ3v) is 5.20. The first-order valence-corrected chi connectivity index (χ1v) is 9.63. The van der Waals surface area contributed by atoms with Gasteiger partial charge in [-0.05, 0) is 26.0 Å². The van der Waals surface area contributed by atoms with Gasteiger partial charge in [-0.15, -0.1) is 15.3 Å². The van der Waals surface area contributed by atoms with Crippen LogP contribution in [-0.2, 0) is 13.0 Å². The second-order valence-electron chi connectivity index (χ2n) is 7.38. The zero-order valence-electron chi connectivity index (χ0n) is 16.4. The molecule has 4 heterocycles. The molecular weight excluding hydrogens is 392 g/mol. The van der Waals surface area contributed by atoms with Crippen LogP contribution in [0.3, 0.4) is 0 Å². The number of anilines is 1. The van der Waals surface area contributed by atoms with E-state index < -0.39 is 5.95 Å². The quantitative estimate of drug-likeness (QED) is 0.542. The summed E-state index contributed by atoms with van der Waals surface area (Å²) in [6, 6.07) is 3.07. The van der Waals surface area contributed by atoms with E-state index in [9.17, 15) is 8.78 Å². The van der Waals surface area contributed by atoms with E-state index in [1.165, 1.54) is 18.6 Å². The van der Waals surface area contributed by atoms with Gasteiger partial charge in [0.15, 0.2) is 5.65 Å². The van der Waals surface area contributed by atoms with E-state index >= 15 is 0 Å². The number of halogens is 2. The summed E-state index contributed by atoms with van der Waals surface area (Å²) in [5, 5.41) is 15.1. The van der Waals surface area contributed by atoms with E-state index in [0.717, 1.165) is 5.56 Å². The largest absolute Gasteiger partial charge is 0.493 e. The first kappa shape index (κ1) is 18.5. The predicted molar refractivity (Wildman–Crippen MR) is 105 cm³/mol. The normalized spacial score (nSPS) is 13.1. The molecule has 0 aliphatic carbocycles. The van der Waals surface area contributed by atoms with Crippen molar-refractivity contribution in [2.45, 2.75) is 32.9 Å². The van der Waals surface area contributed by atoms with Gasteiger partial charge in [0, 0.05) is 42.5 Å². The van der Waals surface area contributed by atoms with Crippen molar-refractivity contribution in [3.63, 3.8) is 0 Å². The Labute approximate surface area is 170 Å². The van der Waals surface area contributed by atoms with Crippen LogP contribution in [0.1, 0.15) is 31.0 Å². The minimum atomic E-state index is -0.599. The Bertz CT molecular complexity index is 1250. The molecule has 0 amide bonds. The SMILES string of the molecule is CC(C)n1cc(-c2cnc(NCc3c(F)ccc4c3CCO4)n3cnnc23)c(F)n1. The summed E-state index contributed by atoms with van der Waals surface area (Å²) >= 11 is 0. The maximum atomic E-state index is 14.4. The van der Waals surface area contributed by atoms with Crippen LogP contribution in [0.5, 0.6) is 5.75 Å². The highest BCUT2D eigenvalue weighted by Gasteiger charge is 2.21. The van der Waals surface area contributed by atoms with Gasteiger partial charge in [0.1, 0.15) is 17.9 Å². The molecule has 8 nitrogen and oxygen atoms in total. The van der Waals surface area contributed by atoms with Crippen LogP contribution in [0.15, 0.2) is 30.9 Å². The Hall–Kier alpha value is -3.56. The van der Waals surface area contributed by atoms with Gasteiger partial charge in [-0.2, -0.15) is 4.39 Å². The van der Waals surface area contributed by atoms with Gasteiger partial charge in [-0.25, -0.2) is 9.37 Å². The summed E-state index contributed by atoms with van der Waals surface area (Å²) in [7, 11) is 0. The minimum Gasteiger partial charge on any atom is -0.493 e. The lowest BCUT2D eigenvalue weighted by Crippen LogP contribution is -2.09. The fraction of sp³-hybridized carbons (Fsp3) is 0.300. The van der Waals surface area contributed by atoms with Crippen LogP contribution in [0.4, 0.5) is 14.7 Å². The second kappa shape index (κ2) is 7.05. The first-order chi connectivity index (χ1) is 14.5. The topological polar surface area (TPSA) is 82.2 Å². The van der Waals surface area contributed by atoms with Crippen LogP contribution in [0, 0.1) is 11.8 Å². The van der Waals surface area contributed by atoms with Gasteiger partial charge in [0.05, 0.1) is 17.7 Å². The molecule has 1 aromatic carbocycles. The lowest BCUT2D eigenvalue weighted by molar-refractivity contribution is 0.356. The Kier molecular flexibility index (Phi) is 4.34. The third kappa shape index (κ3) is 2.95. The van der Waals surface area contributed by atoms with E-state index in [1.54, 1.807) is 21.3 Å². The molecule has 5 rings (SSSR count). The second-order valence-corrected chi connectivity index (χ2v) is 7.38. The fourth-order valence-corrected chi connectivity index (χ4v) is 3.63. The van der Waals surface area contributed by atoms with Crippen molar-refractivity contribution >= 4 is 11.6 Å². The van der Waals surface area contributed by atoms with Crippen molar-refractivity contribution in [3.05, 3.63) is 53.7 Å². The standard InChI is InChI=1S/C20H19F2N7O/c1-11(2)29-9-15(18(22)27-29)14-8-24-20(28-10-25-26-19(14)28)23-7-13-12-5-6-30-17(12)4-3-16(13)21/h3-4,8-11H,5-7H2,1-2H3,(H,23,24). The molecule has 1 aliphatic heterocycles. The molecule has 0 saturated heterocycles. The Morgan fingerprint density at radius 1 is 1.23 bits per heavy atom. The van der Waals surface area contributed by atoms with Gasteiger partial charge in [-0.1, -0.05) is 0 Å². The lowest BCUT2D eigenvalue weighted by atomic mass is 10.0. The maximum Gasteiger partial charge on any atom is 0.240 e. The van der Waals surface area contributed by atoms with Crippen LogP contribution in [-0.4, -0.2) is 36.0 Å². The molecule has 0 radical (unpaired) electrons. The summed E-state index contributed by atoms with van der Waals surface area (Å²) in [5.41, 5.74) is 2.60. The lowest BCUT2D eigenvalue weighted by Gasteiger charge is -2.12. The molecule has 1 aliphatic rings. The third-order valence-electron chi connectivity index (χ3n) is 5.20. The first-order valence-electron chi connectivity index (χ1n) is 9.63. The molecule has 30 heavy (non-hydrogen) atoms. The van der Waals surface area contributed by atoms with Crippen LogP contribution < -0.4 is 10.1 Å². The van der Waals surface area contributed by atoms with Crippen LogP contribution >= 0.6 is 0 Å². The molecule has 0 atom stereocenters. The maximum absolute atomic E-state index is 14.4. The number of ether oxygens (including phenoxy) is 1. The van der Waals surface area contributed by atoms with Crippen LogP contribution in [0.25, 0.3) is 16.8 Å². The number of fused-ring (bicyclic) bond motifs is 2. The van der Waals surface area contributed by atoms with E-state index in [2.05, 4.69) is 25.6 Å². The number of hydrogen-bond acceptors (Lipinski definition) is 6. The average molecular weight is 411 g/mol. The van der Waals surface area contributed by atoms with Gasteiger partial charge < -0.3 is 10.1 Å². The molecule has 154 valence electrons. The van der Waals surface area contributed by atoms with Gasteiger partial charge >= 0.3 is 0 Å². The molecule has 4 aromatic rings. The van der Waals surface area contributed by atoms with Crippen molar-refractivity contribution in [1.82, 2.24) is 29.4 Å². The van der Waals surface area contributed by atoms with E-state index in [4.69, 9.17) is 4.74 Å². The zero-order chi connectivity index (χ0) is 20.8. The predicted octanol–water partition coefficient (Wildman–Crippen LogP) is 3.39. The molecule has 0 fully saturated rings. The number of rotatable bonds is 5. The molecular formula is C20H19F2N7O. The summed E-state index contributed by atoms with van der Waals surface area (Å²) in [6.45, 7) is 4.60. The molecule has 10 heteroatoms. The highest BCUT2D eigenvalue weighted by Crippen LogP contribution is 2.31. The molecule has 0 bridgehead atoms. The number of hydrogen-bond donors (Lipinski definition) is 1. The molecule has 1 N–H and O–H groups in total. The monoisotopic (exact) mass is 411 g/mol. The van der Waals surface area contributed by atoms with E-state index in [1.807, 2.05) is 13.8 Å². The fourth-order valence-electron chi connectivity index (χ4n) is 3.63. The van der Waals surface area contributed by atoms with Gasteiger partial charge in [0.2, 0.25) is 11.9 Å². The van der Waals surface area contributed by atoms with Crippen molar-refractivity contribution in [2.75, 3.05) is 11.9 Å². The number of nitrogens with zero attached hydrogens (tertiary/aromatic N) is 6. The van der Waals surface area contributed by atoms with E-state index in [0.29, 0.717) is 47.1 Å². The van der Waals surface area contributed by atoms with Gasteiger partial charge in [-0.3, -0.25) is 9.08 Å². The summed E-state index contributed by atoms with van der Waals surface area (Å²) in [6.07, 6.45) is 5.29. The van der Waals surface area contributed by atoms with Gasteiger partial charge in [0.25, 0.3) is 0 Å². The number of nitrogens with one attached hydrogen (secondary N) is 1. The Balaban J connectivity index is 1.49. The van der Waals surface area contributed by atoms with E-state index in [-0.39, 0.29) is 18.4 Å². The van der Waals surface area contributed by atoms with Crippen molar-refractivity contribution < 1.29 is 13.5 Å². The molecule has 0 saturated carbocycles. The molecule has 0 spiro atoms. The highest BCUT2D eigenvalue weighted by molar-refractivity contribution is 5.77.